The van der Waals surface area contributed by atoms with E-state index in [9.17, 15) is 4.79 Å². The third-order valence-corrected chi connectivity index (χ3v) is 6.40. The summed E-state index contributed by atoms with van der Waals surface area (Å²) < 4.78 is 1.83. The first-order valence-corrected chi connectivity index (χ1v) is 10.8. The second kappa shape index (κ2) is 8.05. The molecule has 1 aliphatic rings. The molecule has 0 N–H and O–H groups in total. The molecule has 5 nitrogen and oxygen atoms in total. The highest BCUT2D eigenvalue weighted by Crippen LogP contribution is 2.24. The molecule has 0 saturated carbocycles. The number of nitrogens with zero attached hydrogens (tertiary/aromatic N) is 4. The maximum Gasteiger partial charge on any atom is 0.244 e. The minimum atomic E-state index is 0.113. The van der Waals surface area contributed by atoms with E-state index in [1.165, 1.54) is 4.88 Å². The van der Waals surface area contributed by atoms with Crippen LogP contribution in [0.25, 0.3) is 11.3 Å². The summed E-state index contributed by atoms with van der Waals surface area (Å²) in [5.74, 6) is 0.113. The van der Waals surface area contributed by atoms with Gasteiger partial charge in [-0.2, -0.15) is 5.10 Å². The molecule has 7 heteroatoms. The van der Waals surface area contributed by atoms with Gasteiger partial charge in [-0.05, 0) is 31.5 Å². The average molecular weight is 415 g/mol. The maximum absolute atomic E-state index is 13.0. The van der Waals surface area contributed by atoms with Crippen LogP contribution in [0.1, 0.15) is 28.2 Å². The highest BCUT2D eigenvalue weighted by molar-refractivity contribution is 7.11. The van der Waals surface area contributed by atoms with E-state index in [1.54, 1.807) is 11.3 Å². The Bertz CT molecular complexity index is 984. The van der Waals surface area contributed by atoms with Crippen LogP contribution >= 0.6 is 22.9 Å². The summed E-state index contributed by atoms with van der Waals surface area (Å²) in [5.41, 5.74) is 4.03. The lowest BCUT2D eigenvalue weighted by Gasteiger charge is -2.20. The van der Waals surface area contributed by atoms with E-state index in [4.69, 9.17) is 16.7 Å². The Morgan fingerprint density at radius 3 is 2.86 bits per heavy atom. The van der Waals surface area contributed by atoms with Crippen LogP contribution < -0.4 is 0 Å². The molecule has 146 valence electrons. The van der Waals surface area contributed by atoms with E-state index in [2.05, 4.69) is 11.9 Å². The third kappa shape index (κ3) is 3.98. The zero-order valence-corrected chi connectivity index (χ0v) is 17.7. The van der Waals surface area contributed by atoms with E-state index in [-0.39, 0.29) is 12.5 Å². The van der Waals surface area contributed by atoms with Crippen LogP contribution in [0.4, 0.5) is 0 Å². The minimum absolute atomic E-state index is 0.113. The molecular formula is C21H23ClN4OS. The van der Waals surface area contributed by atoms with Crippen molar-refractivity contribution in [2.24, 2.45) is 0 Å². The Hall–Kier alpha value is -2.18. The Balaban J connectivity index is 1.49. The predicted molar refractivity (Wildman–Crippen MR) is 113 cm³/mol. The Kier molecular flexibility index (Phi) is 5.51. The standard InChI is InChI=1S/C21H23ClN4OS/c1-3-17-12-19(15-5-4-6-16(22)11-15)24-26(17)13-21(27)25-9-7-18-20(8-10-25)28-14(2)23-18/h4-6,11-12H,3,7-10,13H2,1-2H3. The van der Waals surface area contributed by atoms with Crippen molar-refractivity contribution in [1.29, 1.82) is 0 Å². The highest BCUT2D eigenvalue weighted by Gasteiger charge is 2.22. The molecule has 2 aromatic heterocycles. The maximum atomic E-state index is 13.0. The molecule has 1 amide bonds. The van der Waals surface area contributed by atoms with Crippen LogP contribution in [0, 0.1) is 6.92 Å². The first-order chi connectivity index (χ1) is 13.5. The molecule has 0 radical (unpaired) electrons. The van der Waals surface area contributed by atoms with Gasteiger partial charge in [-0.25, -0.2) is 4.98 Å². The number of hydrogen-bond acceptors (Lipinski definition) is 4. The molecule has 3 heterocycles. The van der Waals surface area contributed by atoms with Crippen LogP contribution in [-0.2, 0) is 30.6 Å². The zero-order chi connectivity index (χ0) is 19.7. The van der Waals surface area contributed by atoms with E-state index < -0.39 is 0 Å². The lowest BCUT2D eigenvalue weighted by atomic mass is 10.1. The molecule has 0 spiro atoms. The number of aryl methyl sites for hydroxylation is 2. The van der Waals surface area contributed by atoms with E-state index in [0.717, 1.165) is 60.0 Å². The molecule has 0 unspecified atom stereocenters. The minimum Gasteiger partial charge on any atom is -0.340 e. The molecule has 0 bridgehead atoms. The van der Waals surface area contributed by atoms with Gasteiger partial charge in [0.25, 0.3) is 0 Å². The number of halogens is 1. The molecule has 0 aliphatic carbocycles. The van der Waals surface area contributed by atoms with Gasteiger partial charge >= 0.3 is 0 Å². The fourth-order valence-corrected chi connectivity index (χ4v) is 4.80. The fraction of sp³-hybridized carbons (Fsp3) is 0.381. The second-order valence-electron chi connectivity index (χ2n) is 7.03. The second-order valence-corrected chi connectivity index (χ2v) is 8.75. The summed E-state index contributed by atoms with van der Waals surface area (Å²) in [6.45, 7) is 5.86. The molecule has 4 rings (SSSR count). The zero-order valence-electron chi connectivity index (χ0n) is 16.1. The van der Waals surface area contributed by atoms with Gasteiger partial charge in [0.05, 0.1) is 16.4 Å². The first-order valence-electron chi connectivity index (χ1n) is 9.59. The first kappa shape index (κ1) is 19.2. The van der Waals surface area contributed by atoms with Crippen LogP contribution in [0.15, 0.2) is 30.3 Å². The van der Waals surface area contributed by atoms with Crippen molar-refractivity contribution in [3.05, 3.63) is 56.6 Å². The molecule has 1 aromatic carbocycles. The normalized spacial score (nSPS) is 14.0. The van der Waals surface area contributed by atoms with Gasteiger partial charge in [-0.1, -0.05) is 30.7 Å². The van der Waals surface area contributed by atoms with Crippen molar-refractivity contribution in [3.8, 4) is 11.3 Å². The van der Waals surface area contributed by atoms with Crippen molar-refractivity contribution in [2.45, 2.75) is 39.7 Å². The van der Waals surface area contributed by atoms with E-state index in [0.29, 0.717) is 5.02 Å². The van der Waals surface area contributed by atoms with Gasteiger partial charge in [0.2, 0.25) is 5.91 Å². The van der Waals surface area contributed by atoms with E-state index in [1.807, 2.05) is 46.8 Å². The predicted octanol–water partition coefficient (Wildman–Crippen LogP) is 4.16. The monoisotopic (exact) mass is 414 g/mol. The number of aromatic nitrogens is 3. The number of fused-ring (bicyclic) bond motifs is 1. The smallest absolute Gasteiger partial charge is 0.244 e. The van der Waals surface area contributed by atoms with Crippen molar-refractivity contribution < 1.29 is 4.79 Å². The highest BCUT2D eigenvalue weighted by atomic mass is 35.5. The topological polar surface area (TPSA) is 51.0 Å². The van der Waals surface area contributed by atoms with Crippen molar-refractivity contribution in [2.75, 3.05) is 13.1 Å². The number of amides is 1. The number of rotatable bonds is 4. The summed E-state index contributed by atoms with van der Waals surface area (Å²) in [6, 6.07) is 9.70. The Morgan fingerprint density at radius 2 is 2.07 bits per heavy atom. The molecule has 0 atom stereocenters. The van der Waals surface area contributed by atoms with Gasteiger partial charge < -0.3 is 4.90 Å². The van der Waals surface area contributed by atoms with Crippen LogP contribution in [0.5, 0.6) is 0 Å². The van der Waals surface area contributed by atoms with Crippen LogP contribution in [0.3, 0.4) is 0 Å². The van der Waals surface area contributed by atoms with Crippen molar-refractivity contribution in [1.82, 2.24) is 19.7 Å². The Morgan fingerprint density at radius 1 is 1.25 bits per heavy atom. The number of carbonyl (C=O) groups excluding carboxylic acids is 1. The third-order valence-electron chi connectivity index (χ3n) is 5.10. The lowest BCUT2D eigenvalue weighted by Crippen LogP contribution is -2.36. The molecule has 28 heavy (non-hydrogen) atoms. The summed E-state index contributed by atoms with van der Waals surface area (Å²) >= 11 is 7.87. The van der Waals surface area contributed by atoms with Crippen LogP contribution in [-0.4, -0.2) is 38.7 Å². The quantitative estimate of drug-likeness (QED) is 0.644. The number of hydrogen-bond donors (Lipinski definition) is 0. The van der Waals surface area contributed by atoms with Gasteiger partial charge in [-0.15, -0.1) is 11.3 Å². The number of thiazole rings is 1. The fourth-order valence-electron chi connectivity index (χ4n) is 3.64. The Labute approximate surface area is 174 Å². The van der Waals surface area contributed by atoms with Crippen LogP contribution in [0.2, 0.25) is 5.02 Å². The number of carbonyl (C=O) groups is 1. The van der Waals surface area contributed by atoms with E-state index >= 15 is 0 Å². The van der Waals surface area contributed by atoms with Crippen molar-refractivity contribution in [3.63, 3.8) is 0 Å². The molecule has 0 saturated heterocycles. The van der Waals surface area contributed by atoms with Gasteiger partial charge in [-0.3, -0.25) is 9.48 Å². The summed E-state index contributed by atoms with van der Waals surface area (Å²) in [5, 5.41) is 6.49. The largest absolute Gasteiger partial charge is 0.340 e. The molecule has 3 aromatic rings. The summed E-state index contributed by atoms with van der Waals surface area (Å²) in [4.78, 5) is 20.8. The van der Waals surface area contributed by atoms with Gasteiger partial charge in [0.1, 0.15) is 6.54 Å². The lowest BCUT2D eigenvalue weighted by molar-refractivity contribution is -0.132. The molecular weight excluding hydrogens is 392 g/mol. The van der Waals surface area contributed by atoms with Gasteiger partial charge in [0.15, 0.2) is 0 Å². The number of benzene rings is 1. The van der Waals surface area contributed by atoms with Crippen molar-refractivity contribution >= 4 is 28.8 Å². The summed E-state index contributed by atoms with van der Waals surface area (Å²) in [7, 11) is 0. The SMILES string of the molecule is CCc1cc(-c2cccc(Cl)c2)nn1CC(=O)N1CCc2nc(C)sc2CC1. The summed E-state index contributed by atoms with van der Waals surface area (Å²) in [6.07, 6.45) is 2.54. The van der Waals surface area contributed by atoms with Gasteiger partial charge in [0, 0.05) is 47.1 Å². The average Bonchev–Trinajstić information content (AvgIpc) is 3.18. The molecule has 1 aliphatic heterocycles. The molecule has 0 fully saturated rings.